The Morgan fingerprint density at radius 3 is 2.61 bits per heavy atom. The molecule has 2 nitrogen and oxygen atoms in total. The molecule has 1 aromatic heterocycles. The van der Waals surface area contributed by atoms with Crippen LogP contribution in [0.15, 0.2) is 24.3 Å². The first-order chi connectivity index (χ1) is 8.36. The topological polar surface area (TPSA) is 38.9 Å². The summed E-state index contributed by atoms with van der Waals surface area (Å²) in [6.07, 6.45) is -3.94. The molecular weight excluding hydrogens is 261 g/mol. The highest BCUT2D eigenvalue weighted by molar-refractivity contribution is 7.12. The first-order valence-corrected chi connectivity index (χ1v) is 6.06. The maximum absolute atomic E-state index is 12.5. The summed E-state index contributed by atoms with van der Waals surface area (Å²) in [4.78, 5) is 5.00. The molecule has 0 saturated heterocycles. The Kier molecular flexibility index (Phi) is 3.30. The smallest absolute Gasteiger partial charge is 0.383 e. The molecule has 0 spiro atoms. The quantitative estimate of drug-likeness (QED) is 0.906. The van der Waals surface area contributed by atoms with Crippen LogP contribution in [0.1, 0.15) is 21.0 Å². The summed E-state index contributed by atoms with van der Waals surface area (Å²) in [7, 11) is 0. The van der Waals surface area contributed by atoms with Gasteiger partial charge < -0.3 is 5.73 Å². The maximum atomic E-state index is 12.5. The zero-order chi connectivity index (χ0) is 13.3. The van der Waals surface area contributed by atoms with Crippen LogP contribution in [-0.4, -0.2) is 4.98 Å². The van der Waals surface area contributed by atoms with Crippen LogP contribution < -0.4 is 5.73 Å². The lowest BCUT2D eigenvalue weighted by Crippen LogP contribution is -2.05. The molecule has 0 radical (unpaired) electrons. The fraction of sp³-hybridized carbons (Fsp3) is 0.250. The van der Waals surface area contributed by atoms with E-state index in [0.717, 1.165) is 22.0 Å². The monoisotopic (exact) mass is 272 g/mol. The maximum Gasteiger partial charge on any atom is 0.416 e. The Bertz CT molecular complexity index is 541. The van der Waals surface area contributed by atoms with E-state index in [-0.39, 0.29) is 0 Å². The lowest BCUT2D eigenvalue weighted by molar-refractivity contribution is -0.137. The van der Waals surface area contributed by atoms with Crippen LogP contribution in [0.5, 0.6) is 0 Å². The Labute approximate surface area is 106 Å². The molecule has 0 atom stereocenters. The standard InChI is InChI=1S/C12H11F3N2S/c1-7-11(16)17-10(18-7)6-8-3-2-4-9(5-8)12(13,14)15/h2-5H,6,16H2,1H3. The number of hydrogen-bond acceptors (Lipinski definition) is 3. The van der Waals surface area contributed by atoms with Gasteiger partial charge in [-0.3, -0.25) is 0 Å². The fourth-order valence-corrected chi connectivity index (χ4v) is 2.46. The van der Waals surface area contributed by atoms with Crippen molar-refractivity contribution in [2.24, 2.45) is 0 Å². The van der Waals surface area contributed by atoms with E-state index in [1.165, 1.54) is 17.4 Å². The van der Waals surface area contributed by atoms with Crippen molar-refractivity contribution in [2.75, 3.05) is 5.73 Å². The van der Waals surface area contributed by atoms with E-state index in [2.05, 4.69) is 4.98 Å². The number of aryl methyl sites for hydroxylation is 1. The normalized spacial score (nSPS) is 11.8. The van der Waals surface area contributed by atoms with Crippen molar-refractivity contribution in [1.82, 2.24) is 4.98 Å². The number of anilines is 1. The number of nitrogen functional groups attached to an aromatic ring is 1. The van der Waals surface area contributed by atoms with Gasteiger partial charge in [0.1, 0.15) is 5.82 Å². The number of rotatable bonds is 2. The van der Waals surface area contributed by atoms with E-state index in [0.29, 0.717) is 17.8 Å². The first-order valence-electron chi connectivity index (χ1n) is 5.24. The van der Waals surface area contributed by atoms with Gasteiger partial charge >= 0.3 is 6.18 Å². The minimum Gasteiger partial charge on any atom is -0.383 e. The molecule has 0 saturated carbocycles. The molecule has 1 aromatic carbocycles. The Morgan fingerprint density at radius 1 is 1.33 bits per heavy atom. The average Bonchev–Trinajstić information content (AvgIpc) is 2.57. The summed E-state index contributed by atoms with van der Waals surface area (Å²) < 4.78 is 37.6. The molecule has 0 unspecified atom stereocenters. The van der Waals surface area contributed by atoms with Crippen molar-refractivity contribution >= 4 is 17.2 Å². The second kappa shape index (κ2) is 4.61. The molecule has 0 aliphatic carbocycles. The second-order valence-corrected chi connectivity index (χ2v) is 5.21. The molecule has 2 aromatic rings. The molecule has 0 bridgehead atoms. The van der Waals surface area contributed by atoms with Gasteiger partial charge in [0.05, 0.1) is 10.6 Å². The van der Waals surface area contributed by atoms with Crippen molar-refractivity contribution in [3.8, 4) is 0 Å². The van der Waals surface area contributed by atoms with Crippen LogP contribution in [0.3, 0.4) is 0 Å². The van der Waals surface area contributed by atoms with E-state index in [4.69, 9.17) is 5.73 Å². The van der Waals surface area contributed by atoms with Gasteiger partial charge in [0.15, 0.2) is 0 Å². The zero-order valence-electron chi connectivity index (χ0n) is 9.58. The van der Waals surface area contributed by atoms with Crippen LogP contribution in [0.25, 0.3) is 0 Å². The summed E-state index contributed by atoms with van der Waals surface area (Å²) in [5.74, 6) is 0.446. The van der Waals surface area contributed by atoms with Gasteiger partial charge in [-0.2, -0.15) is 13.2 Å². The highest BCUT2D eigenvalue weighted by Crippen LogP contribution is 2.30. The average molecular weight is 272 g/mol. The number of alkyl halides is 3. The minimum absolute atomic E-state index is 0.368. The number of thiazole rings is 1. The molecular formula is C12H11F3N2S. The molecule has 2 rings (SSSR count). The number of nitrogens with two attached hydrogens (primary N) is 1. The van der Waals surface area contributed by atoms with Crippen LogP contribution in [-0.2, 0) is 12.6 Å². The molecule has 0 aliphatic heterocycles. The third-order valence-corrected chi connectivity index (χ3v) is 3.47. The van der Waals surface area contributed by atoms with E-state index in [1.54, 1.807) is 6.07 Å². The third kappa shape index (κ3) is 2.81. The number of halogens is 3. The van der Waals surface area contributed by atoms with Crippen molar-refractivity contribution in [1.29, 1.82) is 0 Å². The molecule has 0 aliphatic rings. The van der Waals surface area contributed by atoms with Gasteiger partial charge in [0.25, 0.3) is 0 Å². The predicted molar refractivity (Wildman–Crippen MR) is 65.5 cm³/mol. The van der Waals surface area contributed by atoms with Crippen molar-refractivity contribution in [2.45, 2.75) is 19.5 Å². The van der Waals surface area contributed by atoms with E-state index in [9.17, 15) is 13.2 Å². The first kappa shape index (κ1) is 12.9. The predicted octanol–water partition coefficient (Wildman–Crippen LogP) is 3.64. The van der Waals surface area contributed by atoms with Crippen molar-refractivity contribution in [3.05, 3.63) is 45.3 Å². The van der Waals surface area contributed by atoms with Crippen molar-refractivity contribution < 1.29 is 13.2 Å². The largest absolute Gasteiger partial charge is 0.416 e. The molecule has 2 N–H and O–H groups in total. The van der Waals surface area contributed by atoms with Gasteiger partial charge in [0.2, 0.25) is 0 Å². The van der Waals surface area contributed by atoms with Gasteiger partial charge in [-0.15, -0.1) is 11.3 Å². The second-order valence-electron chi connectivity index (χ2n) is 3.92. The zero-order valence-corrected chi connectivity index (χ0v) is 10.4. The third-order valence-electron chi connectivity index (χ3n) is 2.49. The number of aromatic nitrogens is 1. The van der Waals surface area contributed by atoms with Gasteiger partial charge in [-0.1, -0.05) is 18.2 Å². The van der Waals surface area contributed by atoms with Crippen LogP contribution in [0.4, 0.5) is 19.0 Å². The van der Waals surface area contributed by atoms with Crippen LogP contribution >= 0.6 is 11.3 Å². The number of hydrogen-bond donors (Lipinski definition) is 1. The number of benzene rings is 1. The molecule has 18 heavy (non-hydrogen) atoms. The molecule has 6 heteroatoms. The lowest BCUT2D eigenvalue weighted by atomic mass is 10.1. The minimum atomic E-state index is -4.31. The molecule has 0 fully saturated rings. The van der Waals surface area contributed by atoms with E-state index >= 15 is 0 Å². The lowest BCUT2D eigenvalue weighted by Gasteiger charge is -2.07. The summed E-state index contributed by atoms with van der Waals surface area (Å²) in [6.45, 7) is 1.84. The highest BCUT2D eigenvalue weighted by atomic mass is 32.1. The molecule has 0 amide bonds. The fourth-order valence-electron chi connectivity index (χ4n) is 1.57. The van der Waals surface area contributed by atoms with Gasteiger partial charge in [-0.05, 0) is 18.6 Å². The highest BCUT2D eigenvalue weighted by Gasteiger charge is 2.30. The number of nitrogens with zero attached hydrogens (tertiary/aromatic N) is 1. The Hall–Kier alpha value is -1.56. The molecule has 96 valence electrons. The Balaban J connectivity index is 2.24. The summed E-state index contributed by atoms with van der Waals surface area (Å²) in [6, 6.07) is 5.27. The molecule has 1 heterocycles. The van der Waals surface area contributed by atoms with Crippen LogP contribution in [0.2, 0.25) is 0 Å². The van der Waals surface area contributed by atoms with Crippen LogP contribution in [0, 0.1) is 6.92 Å². The SMILES string of the molecule is Cc1sc(Cc2cccc(C(F)(F)F)c2)nc1N. The van der Waals surface area contributed by atoms with Gasteiger partial charge in [-0.25, -0.2) is 4.98 Å². The summed E-state index contributed by atoms with van der Waals surface area (Å²) in [5.41, 5.74) is 5.56. The van der Waals surface area contributed by atoms with E-state index in [1.807, 2.05) is 6.92 Å². The summed E-state index contributed by atoms with van der Waals surface area (Å²) >= 11 is 1.41. The van der Waals surface area contributed by atoms with Gasteiger partial charge in [0, 0.05) is 11.3 Å². The Morgan fingerprint density at radius 2 is 2.06 bits per heavy atom. The van der Waals surface area contributed by atoms with Crippen molar-refractivity contribution in [3.63, 3.8) is 0 Å². The summed E-state index contributed by atoms with van der Waals surface area (Å²) in [5, 5.41) is 0.726. The van der Waals surface area contributed by atoms with E-state index < -0.39 is 11.7 Å².